The fourth-order valence-corrected chi connectivity index (χ4v) is 2.52. The molecule has 0 aliphatic heterocycles. The van der Waals surface area contributed by atoms with E-state index in [1.165, 1.54) is 0 Å². The third-order valence-electron chi connectivity index (χ3n) is 3.61. The molecule has 2 rings (SSSR count). The summed E-state index contributed by atoms with van der Waals surface area (Å²) in [7, 11) is 1.62. The first kappa shape index (κ1) is 17.8. The molecule has 0 N–H and O–H groups in total. The van der Waals surface area contributed by atoms with Gasteiger partial charge in [0.05, 0.1) is 19.9 Å². The van der Waals surface area contributed by atoms with Crippen molar-refractivity contribution in [1.82, 2.24) is 19.5 Å². The topological polar surface area (TPSA) is 62.1 Å². The van der Waals surface area contributed by atoms with Gasteiger partial charge in [-0.05, 0) is 19.3 Å². The van der Waals surface area contributed by atoms with Crippen molar-refractivity contribution in [1.29, 1.82) is 0 Å². The number of halogens is 1. The van der Waals surface area contributed by atoms with Gasteiger partial charge in [-0.1, -0.05) is 26.2 Å². The van der Waals surface area contributed by atoms with Crippen LogP contribution in [0.25, 0.3) is 11.2 Å². The van der Waals surface area contributed by atoms with E-state index >= 15 is 0 Å². The van der Waals surface area contributed by atoms with Gasteiger partial charge in [-0.2, -0.15) is 9.97 Å². The molecule has 0 radical (unpaired) electrons. The Morgan fingerprint density at radius 3 is 2.70 bits per heavy atom. The van der Waals surface area contributed by atoms with Crippen LogP contribution in [-0.2, 0) is 6.54 Å². The molecular formula is C16H25ClN4O2. The van der Waals surface area contributed by atoms with Gasteiger partial charge in [0, 0.05) is 12.4 Å². The predicted octanol–water partition coefficient (Wildman–Crippen LogP) is 3.81. The third kappa shape index (κ3) is 4.96. The number of hydrogen-bond acceptors (Lipinski definition) is 5. The normalized spacial score (nSPS) is 11.1. The van der Waals surface area contributed by atoms with E-state index in [1.807, 2.05) is 4.57 Å². The highest BCUT2D eigenvalue weighted by Gasteiger charge is 2.14. The first-order valence-electron chi connectivity index (χ1n) is 8.26. The highest BCUT2D eigenvalue weighted by molar-refractivity contribution is 6.17. The Morgan fingerprint density at radius 1 is 1.13 bits per heavy atom. The monoisotopic (exact) mass is 340 g/mol. The van der Waals surface area contributed by atoms with Crippen LogP contribution in [0.15, 0.2) is 6.20 Å². The van der Waals surface area contributed by atoms with Crippen LogP contribution in [0, 0.1) is 0 Å². The number of aromatic nitrogens is 4. The summed E-state index contributed by atoms with van der Waals surface area (Å²) in [6, 6.07) is 0.967. The molecule has 0 saturated carbocycles. The van der Waals surface area contributed by atoms with Crippen molar-refractivity contribution in [3.8, 4) is 12.0 Å². The Morgan fingerprint density at radius 2 is 1.96 bits per heavy atom. The summed E-state index contributed by atoms with van der Waals surface area (Å²) < 4.78 is 13.0. The summed E-state index contributed by atoms with van der Waals surface area (Å²) in [5.74, 6) is 0.725. The molecule has 128 valence electrons. The lowest BCUT2D eigenvalue weighted by Gasteiger charge is -2.07. The van der Waals surface area contributed by atoms with Crippen molar-refractivity contribution < 1.29 is 9.47 Å². The lowest BCUT2D eigenvalue weighted by atomic mass is 10.2. The van der Waals surface area contributed by atoms with Crippen molar-refractivity contribution in [2.24, 2.45) is 0 Å². The maximum absolute atomic E-state index is 5.71. The van der Waals surface area contributed by atoms with E-state index < -0.39 is 0 Å². The van der Waals surface area contributed by atoms with E-state index in [9.17, 15) is 0 Å². The molecule has 23 heavy (non-hydrogen) atoms. The van der Waals surface area contributed by atoms with Crippen molar-refractivity contribution in [3.63, 3.8) is 0 Å². The number of aryl methyl sites for hydroxylation is 1. The minimum atomic E-state index is 0.400. The van der Waals surface area contributed by atoms with Crippen LogP contribution in [0.4, 0.5) is 0 Å². The summed E-state index contributed by atoms with van der Waals surface area (Å²) in [4.78, 5) is 13.1. The van der Waals surface area contributed by atoms with Gasteiger partial charge >= 0.3 is 6.01 Å². The molecule has 2 aromatic rings. The summed E-state index contributed by atoms with van der Waals surface area (Å²) in [6.07, 6.45) is 8.12. The number of fused-ring (bicyclic) bond motifs is 1. The van der Waals surface area contributed by atoms with Crippen molar-refractivity contribution in [3.05, 3.63) is 6.20 Å². The van der Waals surface area contributed by atoms with Crippen LogP contribution in [0.2, 0.25) is 0 Å². The highest BCUT2D eigenvalue weighted by Crippen LogP contribution is 2.21. The Kier molecular flexibility index (Phi) is 7.39. The van der Waals surface area contributed by atoms with Crippen LogP contribution in [0.5, 0.6) is 12.0 Å². The van der Waals surface area contributed by atoms with Gasteiger partial charge in [-0.15, -0.1) is 11.6 Å². The number of hydrogen-bond donors (Lipinski definition) is 0. The minimum Gasteiger partial charge on any atom is -0.468 e. The largest absolute Gasteiger partial charge is 0.468 e. The lowest BCUT2D eigenvalue weighted by Crippen LogP contribution is -2.05. The molecule has 0 amide bonds. The van der Waals surface area contributed by atoms with Gasteiger partial charge in [-0.25, -0.2) is 4.98 Å². The maximum atomic E-state index is 5.71. The average Bonchev–Trinajstić information content (AvgIpc) is 2.92. The molecule has 2 heterocycles. The standard InChI is InChI=1S/C16H25ClN4O2/c1-3-4-11-23-15-18-12-13-14(20-15)21(16(19-13)22-2)10-8-6-5-7-9-17/h12H,3-11H2,1-2H3. The second kappa shape index (κ2) is 9.55. The van der Waals surface area contributed by atoms with E-state index in [0.717, 1.165) is 62.1 Å². The van der Waals surface area contributed by atoms with Crippen LogP contribution in [0.1, 0.15) is 45.4 Å². The number of unbranched alkanes of at least 4 members (excludes halogenated alkanes) is 4. The summed E-state index contributed by atoms with van der Waals surface area (Å²) in [5.41, 5.74) is 1.49. The highest BCUT2D eigenvalue weighted by atomic mass is 35.5. The zero-order valence-electron chi connectivity index (χ0n) is 13.9. The molecule has 0 fully saturated rings. The second-order valence-electron chi connectivity index (χ2n) is 5.42. The van der Waals surface area contributed by atoms with Gasteiger partial charge in [0.15, 0.2) is 5.65 Å². The Hall–Kier alpha value is -1.56. The lowest BCUT2D eigenvalue weighted by molar-refractivity contribution is 0.286. The van der Waals surface area contributed by atoms with Gasteiger partial charge < -0.3 is 9.47 Å². The molecule has 2 aromatic heterocycles. The van der Waals surface area contributed by atoms with Crippen molar-refractivity contribution in [2.75, 3.05) is 19.6 Å². The molecule has 7 heteroatoms. The quantitative estimate of drug-likeness (QED) is 0.459. The molecule has 0 saturated heterocycles. The third-order valence-corrected chi connectivity index (χ3v) is 3.87. The Bertz CT molecular complexity index is 603. The zero-order chi connectivity index (χ0) is 16.5. The van der Waals surface area contributed by atoms with Gasteiger partial charge in [-0.3, -0.25) is 4.57 Å². The molecule has 0 unspecified atom stereocenters. The fourth-order valence-electron chi connectivity index (χ4n) is 2.34. The zero-order valence-corrected chi connectivity index (χ0v) is 14.7. The molecule has 0 atom stereocenters. The summed E-state index contributed by atoms with van der Waals surface area (Å²) in [5, 5.41) is 0. The van der Waals surface area contributed by atoms with E-state index in [1.54, 1.807) is 13.3 Å². The second-order valence-corrected chi connectivity index (χ2v) is 5.79. The van der Waals surface area contributed by atoms with Crippen LogP contribution >= 0.6 is 11.6 Å². The molecular weight excluding hydrogens is 316 g/mol. The van der Waals surface area contributed by atoms with Gasteiger partial charge in [0.1, 0.15) is 5.52 Å². The number of alkyl halides is 1. The summed E-state index contributed by atoms with van der Waals surface area (Å²) in [6.45, 7) is 3.57. The van der Waals surface area contributed by atoms with Crippen LogP contribution in [0.3, 0.4) is 0 Å². The van der Waals surface area contributed by atoms with E-state index in [2.05, 4.69) is 21.9 Å². The minimum absolute atomic E-state index is 0.400. The first-order chi connectivity index (χ1) is 11.3. The molecule has 0 aliphatic carbocycles. The van der Waals surface area contributed by atoms with Gasteiger partial charge in [0.2, 0.25) is 0 Å². The SMILES string of the molecule is CCCCOc1ncc2nc(OC)n(CCCCCCCl)c2n1. The Balaban J connectivity index is 2.10. The fraction of sp³-hybridized carbons (Fsp3) is 0.688. The van der Waals surface area contributed by atoms with Gasteiger partial charge in [0.25, 0.3) is 6.01 Å². The predicted molar refractivity (Wildman–Crippen MR) is 91.5 cm³/mol. The molecule has 0 aromatic carbocycles. The average molecular weight is 341 g/mol. The molecule has 0 aliphatic rings. The van der Waals surface area contributed by atoms with Crippen LogP contribution in [-0.4, -0.2) is 39.1 Å². The number of ether oxygens (including phenoxy) is 2. The maximum Gasteiger partial charge on any atom is 0.318 e. The number of methoxy groups -OCH3 is 1. The number of rotatable bonds is 11. The molecule has 6 nitrogen and oxygen atoms in total. The van der Waals surface area contributed by atoms with Crippen molar-refractivity contribution in [2.45, 2.75) is 52.0 Å². The van der Waals surface area contributed by atoms with Crippen molar-refractivity contribution >= 4 is 22.8 Å². The summed E-state index contributed by atoms with van der Waals surface area (Å²) >= 11 is 5.71. The van der Waals surface area contributed by atoms with E-state index in [4.69, 9.17) is 21.1 Å². The Labute approximate surface area is 142 Å². The number of nitrogens with zero attached hydrogens (tertiary/aromatic N) is 4. The van der Waals surface area contributed by atoms with Crippen LogP contribution < -0.4 is 9.47 Å². The molecule has 0 spiro atoms. The van der Waals surface area contributed by atoms with E-state index in [-0.39, 0.29) is 0 Å². The number of imidazole rings is 1. The first-order valence-corrected chi connectivity index (χ1v) is 8.79. The van der Waals surface area contributed by atoms with E-state index in [0.29, 0.717) is 18.6 Å². The molecule has 0 bridgehead atoms. The smallest absolute Gasteiger partial charge is 0.318 e.